The third kappa shape index (κ3) is 3.27. The molecule has 0 saturated carbocycles. The molecule has 144 valence electrons. The van der Waals surface area contributed by atoms with E-state index < -0.39 is 5.97 Å². The summed E-state index contributed by atoms with van der Waals surface area (Å²) in [6.07, 6.45) is 1.55. The SMILES string of the molecule is COc1cc(C)c(-c2cnc(N)nc2N)c(OC)c1-c1ccc(C(=O)O)cc1. The lowest BCUT2D eigenvalue weighted by atomic mass is 9.93. The molecule has 5 N–H and O–H groups in total. The van der Waals surface area contributed by atoms with Crippen molar-refractivity contribution in [1.82, 2.24) is 9.97 Å². The summed E-state index contributed by atoms with van der Waals surface area (Å²) >= 11 is 0. The Hall–Kier alpha value is -3.81. The fourth-order valence-electron chi connectivity index (χ4n) is 3.11. The van der Waals surface area contributed by atoms with Crippen molar-refractivity contribution in [3.8, 4) is 33.8 Å². The molecule has 0 aliphatic rings. The number of benzene rings is 2. The fourth-order valence-corrected chi connectivity index (χ4v) is 3.11. The van der Waals surface area contributed by atoms with E-state index in [1.165, 1.54) is 12.1 Å². The van der Waals surface area contributed by atoms with Crippen LogP contribution in [0.25, 0.3) is 22.3 Å². The maximum Gasteiger partial charge on any atom is 0.335 e. The van der Waals surface area contributed by atoms with Crippen LogP contribution in [0.2, 0.25) is 0 Å². The number of hydrogen-bond acceptors (Lipinski definition) is 7. The maximum atomic E-state index is 11.2. The Kier molecular flexibility index (Phi) is 5.04. The zero-order valence-corrected chi connectivity index (χ0v) is 15.7. The number of nitrogens with zero attached hydrogens (tertiary/aromatic N) is 2. The van der Waals surface area contributed by atoms with Gasteiger partial charge in [-0.3, -0.25) is 0 Å². The van der Waals surface area contributed by atoms with Gasteiger partial charge in [-0.25, -0.2) is 9.78 Å². The van der Waals surface area contributed by atoms with Gasteiger partial charge in [0.05, 0.1) is 25.3 Å². The third-order valence-electron chi connectivity index (χ3n) is 4.39. The van der Waals surface area contributed by atoms with Gasteiger partial charge in [0, 0.05) is 17.3 Å². The standard InChI is InChI=1S/C20H20N4O4/c1-10-8-14(27-2)16(11-4-6-12(7-5-11)19(25)26)17(28-3)15(10)13-9-23-20(22)24-18(13)21/h4-9H,1-3H3,(H,25,26)(H4,21,22,23,24). The number of carboxylic acids is 1. The summed E-state index contributed by atoms with van der Waals surface area (Å²) in [5.74, 6) is 0.403. The summed E-state index contributed by atoms with van der Waals surface area (Å²) in [6, 6.07) is 8.30. The van der Waals surface area contributed by atoms with Crippen LogP contribution in [0.1, 0.15) is 15.9 Å². The number of hydrogen-bond donors (Lipinski definition) is 3. The highest BCUT2D eigenvalue weighted by atomic mass is 16.5. The smallest absolute Gasteiger partial charge is 0.335 e. The number of aryl methyl sites for hydroxylation is 1. The normalized spacial score (nSPS) is 10.5. The Morgan fingerprint density at radius 3 is 2.29 bits per heavy atom. The molecular formula is C20H20N4O4. The average molecular weight is 380 g/mol. The minimum Gasteiger partial charge on any atom is -0.496 e. The number of aromatic carboxylic acids is 1. The van der Waals surface area contributed by atoms with Gasteiger partial charge in [-0.1, -0.05) is 12.1 Å². The molecule has 0 unspecified atom stereocenters. The summed E-state index contributed by atoms with van der Waals surface area (Å²) in [5.41, 5.74) is 15.4. The van der Waals surface area contributed by atoms with Crippen molar-refractivity contribution in [2.45, 2.75) is 6.92 Å². The molecule has 0 saturated heterocycles. The van der Waals surface area contributed by atoms with Crippen molar-refractivity contribution in [1.29, 1.82) is 0 Å². The van der Waals surface area contributed by atoms with Crippen LogP contribution in [-0.2, 0) is 0 Å². The quantitative estimate of drug-likeness (QED) is 0.615. The van der Waals surface area contributed by atoms with Crippen molar-refractivity contribution < 1.29 is 19.4 Å². The highest BCUT2D eigenvalue weighted by Crippen LogP contribution is 2.47. The molecule has 0 bridgehead atoms. The second kappa shape index (κ2) is 7.43. The van der Waals surface area contributed by atoms with Crippen LogP contribution in [0, 0.1) is 6.92 Å². The molecule has 0 fully saturated rings. The number of ether oxygens (including phenoxy) is 2. The average Bonchev–Trinajstić information content (AvgIpc) is 2.67. The van der Waals surface area contributed by atoms with E-state index in [1.54, 1.807) is 32.5 Å². The zero-order valence-electron chi connectivity index (χ0n) is 15.7. The number of rotatable bonds is 5. The molecule has 0 aliphatic carbocycles. The van der Waals surface area contributed by atoms with Crippen LogP contribution in [0.15, 0.2) is 36.5 Å². The monoisotopic (exact) mass is 380 g/mol. The van der Waals surface area contributed by atoms with Gasteiger partial charge >= 0.3 is 5.97 Å². The number of carbonyl (C=O) groups is 1. The Bertz CT molecular complexity index is 1050. The van der Waals surface area contributed by atoms with Crippen LogP contribution in [0.4, 0.5) is 11.8 Å². The van der Waals surface area contributed by atoms with Crippen LogP contribution < -0.4 is 20.9 Å². The molecule has 28 heavy (non-hydrogen) atoms. The minimum absolute atomic E-state index is 0.0795. The molecule has 0 radical (unpaired) electrons. The van der Waals surface area contributed by atoms with E-state index in [4.69, 9.17) is 26.0 Å². The van der Waals surface area contributed by atoms with Crippen molar-refractivity contribution in [3.63, 3.8) is 0 Å². The predicted molar refractivity (Wildman–Crippen MR) is 107 cm³/mol. The molecular weight excluding hydrogens is 360 g/mol. The van der Waals surface area contributed by atoms with Gasteiger partial charge in [-0.15, -0.1) is 0 Å². The number of methoxy groups -OCH3 is 2. The zero-order chi connectivity index (χ0) is 20.4. The summed E-state index contributed by atoms with van der Waals surface area (Å²) in [4.78, 5) is 19.2. The lowest BCUT2D eigenvalue weighted by Crippen LogP contribution is -2.04. The van der Waals surface area contributed by atoms with E-state index in [0.29, 0.717) is 28.2 Å². The van der Waals surface area contributed by atoms with Crippen molar-refractivity contribution >= 4 is 17.7 Å². The van der Waals surface area contributed by atoms with Crippen LogP contribution in [-0.4, -0.2) is 35.3 Å². The molecule has 8 nitrogen and oxygen atoms in total. The lowest BCUT2D eigenvalue weighted by Gasteiger charge is -2.20. The molecule has 1 aromatic heterocycles. The minimum atomic E-state index is -0.998. The molecule has 0 spiro atoms. The van der Waals surface area contributed by atoms with E-state index in [2.05, 4.69) is 9.97 Å². The molecule has 3 rings (SSSR count). The maximum absolute atomic E-state index is 11.2. The van der Waals surface area contributed by atoms with Gasteiger partial charge in [-0.2, -0.15) is 4.98 Å². The van der Waals surface area contributed by atoms with Crippen LogP contribution >= 0.6 is 0 Å². The van der Waals surface area contributed by atoms with E-state index in [1.807, 2.05) is 13.0 Å². The van der Waals surface area contributed by atoms with Gasteiger partial charge in [0.1, 0.15) is 17.3 Å². The van der Waals surface area contributed by atoms with E-state index in [-0.39, 0.29) is 17.3 Å². The van der Waals surface area contributed by atoms with Gasteiger partial charge in [-0.05, 0) is 36.2 Å². The first kappa shape index (κ1) is 19.0. The van der Waals surface area contributed by atoms with Gasteiger partial charge < -0.3 is 26.0 Å². The van der Waals surface area contributed by atoms with Crippen molar-refractivity contribution in [3.05, 3.63) is 47.7 Å². The Morgan fingerprint density at radius 1 is 1.07 bits per heavy atom. The van der Waals surface area contributed by atoms with Crippen molar-refractivity contribution in [2.75, 3.05) is 25.7 Å². The van der Waals surface area contributed by atoms with Crippen LogP contribution in [0.5, 0.6) is 11.5 Å². The molecule has 0 amide bonds. The number of aromatic nitrogens is 2. The first-order valence-corrected chi connectivity index (χ1v) is 8.35. The Morgan fingerprint density at radius 2 is 1.75 bits per heavy atom. The van der Waals surface area contributed by atoms with Gasteiger partial charge in [0.15, 0.2) is 0 Å². The molecule has 0 aliphatic heterocycles. The summed E-state index contributed by atoms with van der Waals surface area (Å²) in [6.45, 7) is 1.90. The molecule has 3 aromatic rings. The molecule has 2 aromatic carbocycles. The summed E-state index contributed by atoms with van der Waals surface area (Å²) in [7, 11) is 3.10. The van der Waals surface area contributed by atoms with Gasteiger partial charge in [0.2, 0.25) is 5.95 Å². The highest BCUT2D eigenvalue weighted by Gasteiger charge is 2.23. The number of anilines is 2. The molecule has 0 atom stereocenters. The van der Waals surface area contributed by atoms with E-state index >= 15 is 0 Å². The topological polar surface area (TPSA) is 134 Å². The third-order valence-corrected chi connectivity index (χ3v) is 4.39. The molecule has 8 heteroatoms. The largest absolute Gasteiger partial charge is 0.496 e. The Balaban J connectivity index is 2.31. The second-order valence-corrected chi connectivity index (χ2v) is 6.09. The first-order chi connectivity index (χ1) is 13.4. The van der Waals surface area contributed by atoms with Gasteiger partial charge in [0.25, 0.3) is 0 Å². The fraction of sp³-hybridized carbons (Fsp3) is 0.150. The van der Waals surface area contributed by atoms with Crippen molar-refractivity contribution in [2.24, 2.45) is 0 Å². The Labute approximate surface area is 161 Å². The van der Waals surface area contributed by atoms with Crippen LogP contribution in [0.3, 0.4) is 0 Å². The number of nitrogen functional groups attached to an aromatic ring is 2. The number of nitrogens with two attached hydrogens (primary N) is 2. The predicted octanol–water partition coefficient (Wildman–Crippen LogP) is 3.00. The number of carboxylic acid groups (broad SMARTS) is 1. The second-order valence-electron chi connectivity index (χ2n) is 6.09. The van der Waals surface area contributed by atoms with E-state index in [9.17, 15) is 4.79 Å². The summed E-state index contributed by atoms with van der Waals surface area (Å²) in [5, 5.41) is 9.14. The molecule has 1 heterocycles. The highest BCUT2D eigenvalue weighted by molar-refractivity contribution is 5.92. The first-order valence-electron chi connectivity index (χ1n) is 8.35. The van der Waals surface area contributed by atoms with E-state index in [0.717, 1.165) is 11.1 Å². The lowest BCUT2D eigenvalue weighted by molar-refractivity contribution is 0.0697. The summed E-state index contributed by atoms with van der Waals surface area (Å²) < 4.78 is 11.3.